The highest BCUT2D eigenvalue weighted by atomic mass is 16.8. The van der Waals surface area contributed by atoms with Crippen LogP contribution in [0.5, 0.6) is 0 Å². The van der Waals surface area contributed by atoms with Crippen molar-refractivity contribution in [2.45, 2.75) is 101 Å². The van der Waals surface area contributed by atoms with Crippen molar-refractivity contribution in [1.29, 1.82) is 0 Å². The van der Waals surface area contributed by atoms with Crippen LogP contribution in [0.15, 0.2) is 11.6 Å². The van der Waals surface area contributed by atoms with Crippen molar-refractivity contribution >= 4 is 11.9 Å². The van der Waals surface area contributed by atoms with E-state index in [4.69, 9.17) is 14.2 Å². The van der Waals surface area contributed by atoms with Gasteiger partial charge in [-0.15, -0.1) is 0 Å². The second-order valence-electron chi connectivity index (χ2n) is 10.4. The summed E-state index contributed by atoms with van der Waals surface area (Å²) >= 11 is 0. The van der Waals surface area contributed by atoms with Gasteiger partial charge in [0.05, 0.1) is 18.8 Å². The molecule has 2 saturated carbocycles. The van der Waals surface area contributed by atoms with Crippen molar-refractivity contribution < 1.29 is 34.0 Å². The van der Waals surface area contributed by atoms with Crippen LogP contribution in [-0.4, -0.2) is 64.4 Å². The molecule has 3 aliphatic carbocycles. The van der Waals surface area contributed by atoms with E-state index in [1.165, 1.54) is 0 Å². The van der Waals surface area contributed by atoms with E-state index < -0.39 is 35.7 Å². The van der Waals surface area contributed by atoms with E-state index in [0.29, 0.717) is 17.4 Å². The Morgan fingerprint density at radius 3 is 2.42 bits per heavy atom. The van der Waals surface area contributed by atoms with Crippen molar-refractivity contribution in [3.8, 4) is 0 Å². The van der Waals surface area contributed by atoms with Crippen molar-refractivity contribution in [1.82, 2.24) is 5.32 Å². The predicted octanol–water partition coefficient (Wildman–Crippen LogP) is 1.58. The molecule has 1 saturated heterocycles. The van der Waals surface area contributed by atoms with E-state index in [-0.39, 0.29) is 37.7 Å². The van der Waals surface area contributed by atoms with Crippen LogP contribution in [0.3, 0.4) is 0 Å². The summed E-state index contributed by atoms with van der Waals surface area (Å²) in [4.78, 5) is 24.7. The Morgan fingerprint density at radius 1 is 1.23 bits per heavy atom. The molecule has 0 aromatic rings. The van der Waals surface area contributed by atoms with Gasteiger partial charge < -0.3 is 29.7 Å². The number of fused-ring (bicyclic) bond motifs is 1. The Labute approximate surface area is 183 Å². The molecule has 0 bridgehead atoms. The number of ether oxygens (including phenoxy) is 3. The van der Waals surface area contributed by atoms with Gasteiger partial charge in [-0.05, 0) is 59.0 Å². The van der Waals surface area contributed by atoms with Crippen molar-refractivity contribution in [2.75, 3.05) is 6.61 Å². The highest BCUT2D eigenvalue weighted by Crippen LogP contribution is 2.59. The van der Waals surface area contributed by atoms with Crippen LogP contribution in [-0.2, 0) is 23.8 Å². The zero-order valence-electron chi connectivity index (χ0n) is 18.6. The predicted molar refractivity (Wildman–Crippen MR) is 111 cm³/mol. The number of aliphatic hydroxyl groups is 2. The third-order valence-corrected chi connectivity index (χ3v) is 6.40. The summed E-state index contributed by atoms with van der Waals surface area (Å²) in [5.74, 6) is -0.562. The third kappa shape index (κ3) is 5.13. The van der Waals surface area contributed by atoms with Gasteiger partial charge in [-0.25, -0.2) is 0 Å². The Hall–Kier alpha value is -1.48. The highest BCUT2D eigenvalue weighted by Gasteiger charge is 2.64. The number of carbonyl (C=O) groups excluding carboxylic acids is 2. The minimum atomic E-state index is -0.815. The first-order valence-electron chi connectivity index (χ1n) is 11.5. The number of amides is 1. The lowest BCUT2D eigenvalue weighted by Crippen LogP contribution is -2.44. The maximum absolute atomic E-state index is 12.8. The maximum Gasteiger partial charge on any atom is 0.306 e. The Bertz CT molecular complexity index is 723. The molecule has 1 amide bonds. The van der Waals surface area contributed by atoms with E-state index in [9.17, 15) is 19.8 Å². The van der Waals surface area contributed by atoms with Crippen molar-refractivity contribution in [3.05, 3.63) is 11.6 Å². The van der Waals surface area contributed by atoms with Gasteiger partial charge in [0.2, 0.25) is 5.91 Å². The molecule has 3 fully saturated rings. The lowest BCUT2D eigenvalue weighted by Gasteiger charge is -2.29. The molecule has 4 aliphatic rings. The third-order valence-electron chi connectivity index (χ3n) is 6.40. The number of hydrogen-bond donors (Lipinski definition) is 3. The molecule has 0 spiro atoms. The second-order valence-corrected chi connectivity index (χ2v) is 10.4. The summed E-state index contributed by atoms with van der Waals surface area (Å²) < 4.78 is 17.9. The lowest BCUT2D eigenvalue weighted by atomic mass is 9.91. The zero-order chi connectivity index (χ0) is 22.4. The topological polar surface area (TPSA) is 114 Å². The van der Waals surface area contributed by atoms with E-state index >= 15 is 0 Å². The van der Waals surface area contributed by atoms with Crippen molar-refractivity contribution in [2.24, 2.45) is 11.8 Å². The van der Waals surface area contributed by atoms with E-state index in [2.05, 4.69) is 5.32 Å². The van der Waals surface area contributed by atoms with Crippen LogP contribution in [0.1, 0.15) is 65.7 Å². The molecule has 0 aromatic heterocycles. The molecule has 0 radical (unpaired) electrons. The summed E-state index contributed by atoms with van der Waals surface area (Å²) in [5, 5.41) is 23.1. The molecule has 8 heteroatoms. The number of nitrogens with one attached hydrogen (secondary N) is 1. The normalized spacial score (nSPS) is 30.9. The summed E-state index contributed by atoms with van der Waals surface area (Å²) in [6.07, 6.45) is 4.93. The smallest absolute Gasteiger partial charge is 0.306 e. The van der Waals surface area contributed by atoms with Gasteiger partial charge in [0.1, 0.15) is 17.8 Å². The molecule has 31 heavy (non-hydrogen) atoms. The number of rotatable bonds is 8. The maximum atomic E-state index is 12.8. The monoisotopic (exact) mass is 437 g/mol. The molecule has 0 aromatic carbocycles. The zero-order valence-corrected chi connectivity index (χ0v) is 18.6. The highest BCUT2D eigenvalue weighted by molar-refractivity contribution is 5.94. The number of carbonyl (C=O) groups is 2. The molecule has 4 atom stereocenters. The van der Waals surface area contributed by atoms with E-state index in [1.54, 1.807) is 26.8 Å². The van der Waals surface area contributed by atoms with Gasteiger partial charge in [-0.3, -0.25) is 9.59 Å². The van der Waals surface area contributed by atoms with Gasteiger partial charge in [-0.2, -0.15) is 0 Å². The SMILES string of the molecule is CC(C)(C)OC(=O)CCC(CO)NC(=O)C1=CC2OC(C3CC3)(C3CC3)OC2C(O)C1. The van der Waals surface area contributed by atoms with Gasteiger partial charge in [0.15, 0.2) is 5.79 Å². The minimum absolute atomic E-state index is 0.0946. The van der Waals surface area contributed by atoms with Crippen molar-refractivity contribution in [3.63, 3.8) is 0 Å². The first kappa shape index (κ1) is 22.7. The fourth-order valence-electron chi connectivity index (χ4n) is 4.65. The summed E-state index contributed by atoms with van der Waals surface area (Å²) in [6.45, 7) is 5.09. The van der Waals surface area contributed by atoms with Gasteiger partial charge in [-0.1, -0.05) is 0 Å². The average molecular weight is 438 g/mol. The van der Waals surface area contributed by atoms with Gasteiger partial charge in [0, 0.05) is 30.3 Å². The Balaban J connectivity index is 1.35. The number of aliphatic hydroxyl groups excluding tert-OH is 2. The number of hydrogen-bond acceptors (Lipinski definition) is 7. The molecular weight excluding hydrogens is 402 g/mol. The Kier molecular flexibility index (Phi) is 6.20. The first-order chi connectivity index (χ1) is 14.6. The molecule has 1 aliphatic heterocycles. The van der Waals surface area contributed by atoms with E-state index in [0.717, 1.165) is 25.7 Å². The molecule has 4 unspecified atom stereocenters. The largest absolute Gasteiger partial charge is 0.460 e. The molecule has 1 heterocycles. The van der Waals surface area contributed by atoms with E-state index in [1.807, 2.05) is 0 Å². The summed E-state index contributed by atoms with van der Waals surface area (Å²) in [5.41, 5.74) is -0.149. The second kappa shape index (κ2) is 8.46. The first-order valence-corrected chi connectivity index (χ1v) is 11.5. The molecule has 4 rings (SSSR count). The minimum Gasteiger partial charge on any atom is -0.460 e. The molecular formula is C23H35NO7. The number of esters is 1. The fraction of sp³-hybridized carbons (Fsp3) is 0.826. The molecule has 8 nitrogen and oxygen atoms in total. The summed E-state index contributed by atoms with van der Waals surface area (Å²) in [7, 11) is 0. The van der Waals surface area contributed by atoms with Crippen LogP contribution in [0.2, 0.25) is 0 Å². The quantitative estimate of drug-likeness (QED) is 0.494. The van der Waals surface area contributed by atoms with Crippen LogP contribution in [0, 0.1) is 11.8 Å². The standard InChI is InChI=1S/C23H35NO7/c1-22(2,3)30-19(27)9-8-16(12-25)24-21(28)13-10-17(26)20-18(11-13)29-23(31-20,14-4-5-14)15-6-7-15/h11,14-18,20,25-26H,4-10,12H2,1-3H3,(H,24,28). The van der Waals surface area contributed by atoms with Crippen LogP contribution < -0.4 is 5.32 Å². The Morgan fingerprint density at radius 2 is 1.87 bits per heavy atom. The van der Waals surface area contributed by atoms with Gasteiger partial charge >= 0.3 is 5.97 Å². The van der Waals surface area contributed by atoms with Crippen LogP contribution >= 0.6 is 0 Å². The molecule has 174 valence electrons. The lowest BCUT2D eigenvalue weighted by molar-refractivity contribution is -0.209. The van der Waals surface area contributed by atoms with Crippen LogP contribution in [0.4, 0.5) is 0 Å². The average Bonchev–Trinajstić information content (AvgIpc) is 3.60. The van der Waals surface area contributed by atoms with Gasteiger partial charge in [0.25, 0.3) is 0 Å². The fourth-order valence-corrected chi connectivity index (χ4v) is 4.65. The van der Waals surface area contributed by atoms with Crippen LogP contribution in [0.25, 0.3) is 0 Å². The summed E-state index contributed by atoms with van der Waals surface area (Å²) in [6, 6.07) is -0.575. The molecule has 3 N–H and O–H groups in total.